The van der Waals surface area contributed by atoms with Gasteiger partial charge in [-0.2, -0.15) is 0 Å². The van der Waals surface area contributed by atoms with Crippen LogP contribution >= 0.6 is 24.8 Å². The van der Waals surface area contributed by atoms with Gasteiger partial charge in [-0.05, 0) is 0 Å². The molecule has 0 radical (unpaired) electrons. The van der Waals surface area contributed by atoms with Crippen molar-refractivity contribution in [3.05, 3.63) is 42.0 Å². The summed E-state index contributed by atoms with van der Waals surface area (Å²) in [6, 6.07) is 0. The third-order valence-corrected chi connectivity index (χ3v) is 8.45. The van der Waals surface area contributed by atoms with Crippen molar-refractivity contribution in [1.29, 1.82) is 0 Å². The zero-order chi connectivity index (χ0) is 14.5. The van der Waals surface area contributed by atoms with Crippen LogP contribution in [0, 0.1) is 11.8 Å². The second-order valence-electron chi connectivity index (χ2n) is 6.19. The molecule has 0 saturated carbocycles. The molecule has 0 nitrogen and oxygen atoms in total. The van der Waals surface area contributed by atoms with Crippen LogP contribution in [0.3, 0.4) is 0 Å². The first-order chi connectivity index (χ1) is 8.77. The average molecular weight is 366 g/mol. The Morgan fingerprint density at radius 3 is 1.05 bits per heavy atom. The molecule has 2 rings (SSSR count). The van der Waals surface area contributed by atoms with Gasteiger partial charge in [0, 0.05) is 0 Å². The number of halogens is 2. The molecule has 0 amide bonds. The largest absolute Gasteiger partial charge is 0.147 e. The van der Waals surface area contributed by atoms with Gasteiger partial charge < -0.3 is 0 Å². The fraction of sp³-hybridized carbons (Fsp3) is 0.556. The molecule has 3 heteroatoms. The molecule has 0 N–H and O–H groups in total. The normalized spacial score (nSPS) is 25.5. The molecule has 2 atom stereocenters. The zero-order valence-corrected chi connectivity index (χ0v) is 17.4. The van der Waals surface area contributed by atoms with Gasteiger partial charge in [-0.3, -0.25) is 0 Å². The van der Waals surface area contributed by atoms with Crippen LogP contribution in [0.25, 0.3) is 0 Å². The number of hydrogen-bond acceptors (Lipinski definition) is 0. The quantitative estimate of drug-likeness (QED) is 0.528. The molecule has 0 saturated heterocycles. The van der Waals surface area contributed by atoms with E-state index in [-0.39, 0.29) is 41.1 Å². The van der Waals surface area contributed by atoms with Gasteiger partial charge in [0.2, 0.25) is 0 Å². The molecule has 2 aliphatic carbocycles. The second kappa shape index (κ2) is 7.60. The summed E-state index contributed by atoms with van der Waals surface area (Å²) in [7, 11) is 0. The summed E-state index contributed by atoms with van der Waals surface area (Å²) in [5, 5.41) is 0. The van der Waals surface area contributed by atoms with E-state index in [1.165, 1.54) is 0 Å². The summed E-state index contributed by atoms with van der Waals surface area (Å²) >= 11 is 0.193. The van der Waals surface area contributed by atoms with Crippen molar-refractivity contribution in [2.24, 2.45) is 11.8 Å². The van der Waals surface area contributed by atoms with E-state index < -0.39 is 0 Å². The average Bonchev–Trinajstić information content (AvgIpc) is 2.68. The Bertz CT molecular complexity index is 512. The van der Waals surface area contributed by atoms with Crippen molar-refractivity contribution in [1.82, 2.24) is 0 Å². The van der Waals surface area contributed by atoms with Gasteiger partial charge in [0.05, 0.1) is 0 Å². The summed E-state index contributed by atoms with van der Waals surface area (Å²) in [6.45, 7) is 18.7. The van der Waals surface area contributed by atoms with Crippen molar-refractivity contribution < 1.29 is 16.3 Å². The van der Waals surface area contributed by atoms with E-state index in [0.717, 1.165) is 0 Å². The van der Waals surface area contributed by atoms with Crippen LogP contribution < -0.4 is 0 Å². The topological polar surface area (TPSA) is 0 Å². The van der Waals surface area contributed by atoms with Gasteiger partial charge in [0.1, 0.15) is 0 Å². The molecule has 0 heterocycles. The molecule has 0 spiro atoms. The van der Waals surface area contributed by atoms with E-state index >= 15 is 0 Å². The fourth-order valence-electron chi connectivity index (χ4n) is 3.18. The molecule has 2 unspecified atom stereocenters. The Morgan fingerprint density at radius 2 is 0.857 bits per heavy atom. The van der Waals surface area contributed by atoms with Crippen molar-refractivity contribution in [2.45, 2.75) is 55.4 Å². The van der Waals surface area contributed by atoms with E-state index in [0.29, 0.717) is 11.8 Å². The van der Waals surface area contributed by atoms with Crippen LogP contribution in [0.4, 0.5) is 0 Å². The predicted molar refractivity (Wildman–Crippen MR) is 95.0 cm³/mol. The van der Waals surface area contributed by atoms with Crippen molar-refractivity contribution >= 4 is 24.8 Å². The summed E-state index contributed by atoms with van der Waals surface area (Å²) in [5.41, 5.74) is 9.44. The van der Waals surface area contributed by atoms with Crippen molar-refractivity contribution in [2.75, 3.05) is 0 Å². The molecule has 0 aromatic heterocycles. The third kappa shape index (κ3) is 3.40. The molecule has 119 valence electrons. The molecule has 0 fully saturated rings. The van der Waals surface area contributed by atoms with E-state index in [2.05, 4.69) is 55.4 Å². The molecule has 0 bridgehead atoms. The van der Waals surface area contributed by atoms with Crippen LogP contribution in [-0.2, 0) is 16.3 Å². The summed E-state index contributed by atoms with van der Waals surface area (Å²) in [5.74, 6) is 1.35. The standard InChI is InChI=1S/2C9H13.2ClH.V/c2*1-6-5-7(2)9(4)8(6)3;;;/h2*6H,1-4H3;2*1H;. The van der Waals surface area contributed by atoms with E-state index in [9.17, 15) is 0 Å². The SMILES string of the molecule is CC1=C(C)C(C)[C]([V][C]2=C(C)C(C)=C(C)C2C)=C1C.Cl.Cl. The Morgan fingerprint density at radius 1 is 0.571 bits per heavy atom. The number of allylic oxidation sites excluding steroid dienone is 8. The molecule has 0 aromatic carbocycles. The summed E-state index contributed by atoms with van der Waals surface area (Å²) in [4.78, 5) is 0. The van der Waals surface area contributed by atoms with Crippen molar-refractivity contribution in [3.63, 3.8) is 0 Å². The molecule has 0 aromatic rings. The number of rotatable bonds is 2. The zero-order valence-electron chi connectivity index (χ0n) is 14.4. The van der Waals surface area contributed by atoms with Crippen LogP contribution in [0.5, 0.6) is 0 Å². The molecule has 21 heavy (non-hydrogen) atoms. The maximum Gasteiger partial charge on any atom is -0.147 e. The second-order valence-corrected chi connectivity index (χ2v) is 8.05. The molecule has 0 aliphatic heterocycles. The Kier molecular flexibility index (Phi) is 7.64. The maximum absolute atomic E-state index is 2.39. The maximum atomic E-state index is 2.39. The molecular formula is C18H28Cl2V. The predicted octanol–water partition coefficient (Wildman–Crippen LogP) is 6.43. The van der Waals surface area contributed by atoms with Gasteiger partial charge in [0.25, 0.3) is 0 Å². The first-order valence-corrected chi connectivity index (χ1v) is 8.65. The van der Waals surface area contributed by atoms with Gasteiger partial charge in [-0.25, -0.2) is 0 Å². The van der Waals surface area contributed by atoms with E-state index in [4.69, 9.17) is 0 Å². The summed E-state index contributed by atoms with van der Waals surface area (Å²) < 4.78 is 3.49. The minimum Gasteiger partial charge on any atom is -0.147 e. The van der Waals surface area contributed by atoms with Crippen LogP contribution in [0.1, 0.15) is 55.4 Å². The monoisotopic (exact) mass is 365 g/mol. The fourth-order valence-corrected chi connectivity index (χ4v) is 5.84. The first kappa shape index (κ1) is 21.1. The molecular weight excluding hydrogens is 338 g/mol. The minimum absolute atomic E-state index is 0. The van der Waals surface area contributed by atoms with Crippen LogP contribution in [-0.4, -0.2) is 0 Å². The first-order valence-electron chi connectivity index (χ1n) is 7.26. The van der Waals surface area contributed by atoms with Crippen LogP contribution in [0.2, 0.25) is 0 Å². The summed E-state index contributed by atoms with van der Waals surface area (Å²) in [6.07, 6.45) is 0. The third-order valence-electron chi connectivity index (χ3n) is 5.44. The number of hydrogen-bond donors (Lipinski definition) is 0. The molecule has 2 aliphatic rings. The smallest absolute Gasteiger partial charge is 0.147 e. The van der Waals surface area contributed by atoms with Gasteiger partial charge >= 0.3 is 126 Å². The van der Waals surface area contributed by atoms with Gasteiger partial charge in [-0.15, -0.1) is 24.8 Å². The van der Waals surface area contributed by atoms with Gasteiger partial charge in [-0.1, -0.05) is 0 Å². The van der Waals surface area contributed by atoms with Gasteiger partial charge in [0.15, 0.2) is 0 Å². The van der Waals surface area contributed by atoms with Crippen LogP contribution in [0.15, 0.2) is 42.0 Å². The van der Waals surface area contributed by atoms with Crippen molar-refractivity contribution in [3.8, 4) is 0 Å². The Balaban J connectivity index is 0.00000200. The van der Waals surface area contributed by atoms with E-state index in [1.807, 2.05) is 0 Å². The van der Waals surface area contributed by atoms with E-state index in [1.54, 1.807) is 42.0 Å². The Labute approximate surface area is 150 Å². The minimum atomic E-state index is 0. The Hall–Kier alpha value is 0.124.